The van der Waals surface area contributed by atoms with Gasteiger partial charge in [0.05, 0.1) is 12.5 Å². The van der Waals surface area contributed by atoms with Gasteiger partial charge in [-0.3, -0.25) is 4.79 Å². The zero-order valence-corrected chi connectivity index (χ0v) is 13.4. The van der Waals surface area contributed by atoms with Crippen LogP contribution in [0.5, 0.6) is 0 Å². The third-order valence-corrected chi connectivity index (χ3v) is 3.28. The van der Waals surface area contributed by atoms with Gasteiger partial charge in [0.2, 0.25) is 11.9 Å². The van der Waals surface area contributed by atoms with Crippen LogP contribution in [0.3, 0.4) is 0 Å². The average molecular weight is 346 g/mol. The lowest BCUT2D eigenvalue weighted by atomic mass is 10.0. The highest BCUT2D eigenvalue weighted by Gasteiger charge is 2.20. The van der Waals surface area contributed by atoms with E-state index in [1.54, 1.807) is 24.5 Å². The molecule has 1 aromatic heterocycles. The number of rotatable bonds is 8. The highest BCUT2D eigenvalue weighted by atomic mass is 19.1. The van der Waals surface area contributed by atoms with Crippen molar-refractivity contribution in [2.45, 2.75) is 12.5 Å². The molecule has 0 saturated carbocycles. The Morgan fingerprint density at radius 2 is 1.84 bits per heavy atom. The summed E-state index contributed by atoms with van der Waals surface area (Å²) in [6, 6.07) is 5.92. The molecular formula is C16H19FN6O2. The van der Waals surface area contributed by atoms with E-state index in [0.717, 1.165) is 0 Å². The van der Waals surface area contributed by atoms with Crippen LogP contribution in [0.2, 0.25) is 0 Å². The summed E-state index contributed by atoms with van der Waals surface area (Å²) >= 11 is 0. The van der Waals surface area contributed by atoms with Gasteiger partial charge in [0.1, 0.15) is 5.82 Å². The minimum atomic E-state index is -0.843. The molecule has 0 fully saturated rings. The summed E-state index contributed by atoms with van der Waals surface area (Å²) in [5, 5.41) is 8.00. The first kappa shape index (κ1) is 18.1. The molecule has 0 bridgehead atoms. The van der Waals surface area contributed by atoms with Crippen molar-refractivity contribution in [1.82, 2.24) is 20.6 Å². The van der Waals surface area contributed by atoms with E-state index in [1.165, 1.54) is 18.2 Å². The zero-order chi connectivity index (χ0) is 18.1. The first-order chi connectivity index (χ1) is 12.1. The molecule has 0 unspecified atom stereocenters. The molecule has 0 aliphatic rings. The van der Waals surface area contributed by atoms with E-state index in [1.807, 2.05) is 0 Å². The number of anilines is 1. The average Bonchev–Trinajstić information content (AvgIpc) is 2.59. The molecule has 2 aromatic rings. The SMILES string of the molecule is NC(=O)N[C@H](CC(=O)NCCNc1ncccn1)c1ccccc1F. The van der Waals surface area contributed by atoms with E-state index in [9.17, 15) is 14.0 Å². The maximum atomic E-state index is 13.9. The Balaban J connectivity index is 1.85. The molecule has 0 radical (unpaired) electrons. The quantitative estimate of drug-likeness (QED) is 0.530. The smallest absolute Gasteiger partial charge is 0.312 e. The fourth-order valence-corrected chi connectivity index (χ4v) is 2.19. The molecule has 8 nitrogen and oxygen atoms in total. The second kappa shape index (κ2) is 9.16. The molecular weight excluding hydrogens is 327 g/mol. The third kappa shape index (κ3) is 6.05. The van der Waals surface area contributed by atoms with E-state index < -0.39 is 17.9 Å². The number of urea groups is 1. The Labute approximate surface area is 144 Å². The van der Waals surface area contributed by atoms with Crippen molar-refractivity contribution in [3.8, 4) is 0 Å². The Kier molecular flexibility index (Phi) is 6.64. The van der Waals surface area contributed by atoms with Crippen LogP contribution in [0.4, 0.5) is 15.1 Å². The number of carbonyl (C=O) groups is 2. The first-order valence-electron chi connectivity index (χ1n) is 7.64. The number of nitrogens with one attached hydrogen (secondary N) is 3. The molecule has 1 atom stereocenters. The number of carbonyl (C=O) groups excluding carboxylic acids is 2. The number of primary amides is 1. The van der Waals surface area contributed by atoms with E-state index in [-0.39, 0.29) is 17.9 Å². The van der Waals surface area contributed by atoms with Crippen molar-refractivity contribution in [2.24, 2.45) is 5.73 Å². The van der Waals surface area contributed by atoms with Gasteiger partial charge in [-0.25, -0.2) is 19.2 Å². The molecule has 132 valence electrons. The van der Waals surface area contributed by atoms with Gasteiger partial charge in [0.25, 0.3) is 0 Å². The highest BCUT2D eigenvalue weighted by molar-refractivity contribution is 5.78. The van der Waals surface area contributed by atoms with Gasteiger partial charge in [0.15, 0.2) is 0 Å². The summed E-state index contributed by atoms with van der Waals surface area (Å²) in [4.78, 5) is 31.1. The Morgan fingerprint density at radius 3 is 2.52 bits per heavy atom. The van der Waals surface area contributed by atoms with E-state index in [2.05, 4.69) is 25.9 Å². The van der Waals surface area contributed by atoms with Crippen LogP contribution in [-0.2, 0) is 4.79 Å². The maximum absolute atomic E-state index is 13.9. The van der Waals surface area contributed by atoms with Gasteiger partial charge in [-0.1, -0.05) is 18.2 Å². The number of hydrogen-bond acceptors (Lipinski definition) is 5. The van der Waals surface area contributed by atoms with Crippen molar-refractivity contribution in [1.29, 1.82) is 0 Å². The molecule has 0 aliphatic heterocycles. The molecule has 9 heteroatoms. The molecule has 0 aliphatic carbocycles. The lowest BCUT2D eigenvalue weighted by Crippen LogP contribution is -2.38. The minimum Gasteiger partial charge on any atom is -0.354 e. The Bertz CT molecular complexity index is 713. The van der Waals surface area contributed by atoms with E-state index >= 15 is 0 Å². The Morgan fingerprint density at radius 1 is 1.12 bits per heavy atom. The minimum absolute atomic E-state index is 0.133. The lowest BCUT2D eigenvalue weighted by molar-refractivity contribution is -0.121. The van der Waals surface area contributed by atoms with Crippen LogP contribution in [-0.4, -0.2) is 35.0 Å². The molecule has 5 N–H and O–H groups in total. The topological polar surface area (TPSA) is 122 Å². The fourth-order valence-electron chi connectivity index (χ4n) is 2.19. The van der Waals surface area contributed by atoms with Crippen LogP contribution in [0.15, 0.2) is 42.7 Å². The van der Waals surface area contributed by atoms with Crippen molar-refractivity contribution in [3.63, 3.8) is 0 Å². The van der Waals surface area contributed by atoms with Gasteiger partial charge in [-0.2, -0.15) is 0 Å². The van der Waals surface area contributed by atoms with Crippen molar-refractivity contribution in [3.05, 3.63) is 54.1 Å². The van der Waals surface area contributed by atoms with Gasteiger partial charge >= 0.3 is 6.03 Å². The number of hydrogen-bond donors (Lipinski definition) is 4. The summed E-state index contributed by atoms with van der Waals surface area (Å²) in [6.07, 6.45) is 3.07. The predicted molar refractivity (Wildman–Crippen MR) is 90.0 cm³/mol. The normalized spacial score (nSPS) is 11.4. The molecule has 25 heavy (non-hydrogen) atoms. The van der Waals surface area contributed by atoms with Crippen molar-refractivity contribution in [2.75, 3.05) is 18.4 Å². The van der Waals surface area contributed by atoms with Crippen LogP contribution >= 0.6 is 0 Å². The molecule has 0 spiro atoms. The molecule has 0 saturated heterocycles. The van der Waals surface area contributed by atoms with Gasteiger partial charge in [-0.05, 0) is 12.1 Å². The van der Waals surface area contributed by atoms with Gasteiger partial charge < -0.3 is 21.7 Å². The maximum Gasteiger partial charge on any atom is 0.312 e. The summed E-state index contributed by atoms with van der Waals surface area (Å²) < 4.78 is 13.9. The number of halogens is 1. The first-order valence-corrected chi connectivity index (χ1v) is 7.64. The summed E-state index contributed by atoms with van der Waals surface area (Å²) in [5.74, 6) is -0.411. The second-order valence-corrected chi connectivity index (χ2v) is 5.14. The van der Waals surface area contributed by atoms with Crippen LogP contribution in [0, 0.1) is 5.82 Å². The van der Waals surface area contributed by atoms with E-state index in [0.29, 0.717) is 19.0 Å². The molecule has 1 aromatic carbocycles. The predicted octanol–water partition coefficient (Wildman–Crippen LogP) is 0.944. The number of amides is 3. The van der Waals surface area contributed by atoms with Crippen molar-refractivity contribution < 1.29 is 14.0 Å². The molecule has 2 rings (SSSR count). The number of aromatic nitrogens is 2. The number of nitrogens with zero attached hydrogens (tertiary/aromatic N) is 2. The summed E-state index contributed by atoms with van der Waals surface area (Å²) in [6.45, 7) is 0.737. The standard InChI is InChI=1S/C16H19FN6O2/c17-12-5-2-1-4-11(12)13(23-15(18)25)10-14(24)19-8-9-22-16-20-6-3-7-21-16/h1-7,13H,8-10H2,(H,19,24)(H3,18,23,25)(H,20,21,22)/t13-/m1/s1. The Hall–Kier alpha value is -3.23. The zero-order valence-electron chi connectivity index (χ0n) is 13.4. The van der Waals surface area contributed by atoms with Gasteiger partial charge in [-0.15, -0.1) is 0 Å². The summed E-state index contributed by atoms with van der Waals surface area (Å²) in [7, 11) is 0. The van der Waals surface area contributed by atoms with Gasteiger partial charge in [0, 0.05) is 31.0 Å². The highest BCUT2D eigenvalue weighted by Crippen LogP contribution is 2.19. The van der Waals surface area contributed by atoms with Crippen LogP contribution in [0.25, 0.3) is 0 Å². The van der Waals surface area contributed by atoms with E-state index in [4.69, 9.17) is 5.73 Å². The number of benzene rings is 1. The fraction of sp³-hybridized carbons (Fsp3) is 0.250. The summed E-state index contributed by atoms with van der Waals surface area (Å²) in [5.41, 5.74) is 5.32. The monoisotopic (exact) mass is 346 g/mol. The third-order valence-electron chi connectivity index (χ3n) is 3.28. The largest absolute Gasteiger partial charge is 0.354 e. The lowest BCUT2D eigenvalue weighted by Gasteiger charge is -2.18. The van der Waals surface area contributed by atoms with Crippen LogP contribution in [0.1, 0.15) is 18.0 Å². The molecule has 3 amide bonds. The van der Waals surface area contributed by atoms with Crippen LogP contribution < -0.4 is 21.7 Å². The number of nitrogens with two attached hydrogens (primary N) is 1. The second-order valence-electron chi connectivity index (χ2n) is 5.14. The van der Waals surface area contributed by atoms with Crippen molar-refractivity contribution >= 4 is 17.9 Å². The molecule has 1 heterocycles.